The molecule has 3 aromatic rings. The quantitative estimate of drug-likeness (QED) is 0.646. The third-order valence-electron chi connectivity index (χ3n) is 5.74. The molecule has 0 radical (unpaired) electrons. The van der Waals surface area contributed by atoms with Gasteiger partial charge in [-0.1, -0.05) is 48.5 Å². The van der Waals surface area contributed by atoms with Crippen LogP contribution in [0.5, 0.6) is 0 Å². The van der Waals surface area contributed by atoms with E-state index in [1.54, 1.807) is 12.1 Å². The van der Waals surface area contributed by atoms with Crippen LogP contribution in [0.1, 0.15) is 35.0 Å². The summed E-state index contributed by atoms with van der Waals surface area (Å²) in [6.45, 7) is 0.978. The number of carbonyl (C=O) groups excluding carboxylic acids is 2. The molecular formula is C24H21NO5. The van der Waals surface area contributed by atoms with E-state index in [0.29, 0.717) is 18.7 Å². The molecule has 2 aromatic carbocycles. The van der Waals surface area contributed by atoms with Crippen molar-refractivity contribution in [2.45, 2.75) is 25.0 Å². The van der Waals surface area contributed by atoms with Crippen LogP contribution in [0.15, 0.2) is 76.4 Å². The van der Waals surface area contributed by atoms with Gasteiger partial charge in [0.2, 0.25) is 5.78 Å². The Kier molecular flexibility index (Phi) is 4.64. The maximum atomic E-state index is 13.4. The van der Waals surface area contributed by atoms with Crippen molar-refractivity contribution in [3.63, 3.8) is 0 Å². The Morgan fingerprint density at radius 1 is 1.10 bits per heavy atom. The summed E-state index contributed by atoms with van der Waals surface area (Å²) in [5, 5.41) is 11.5. The van der Waals surface area contributed by atoms with Crippen molar-refractivity contribution >= 4 is 22.7 Å². The molecule has 1 aromatic heterocycles. The number of ketones is 1. The van der Waals surface area contributed by atoms with Gasteiger partial charge in [-0.05, 0) is 30.5 Å². The Morgan fingerprint density at radius 2 is 1.87 bits per heavy atom. The normalized spacial score (nSPS) is 21.7. The van der Waals surface area contributed by atoms with Crippen molar-refractivity contribution in [2.24, 2.45) is 0 Å². The number of aliphatic hydroxyl groups excluding tert-OH is 1. The van der Waals surface area contributed by atoms with Gasteiger partial charge in [0.25, 0.3) is 5.91 Å². The summed E-state index contributed by atoms with van der Waals surface area (Å²) in [6, 6.07) is 17.5. The predicted octanol–water partition coefficient (Wildman–Crippen LogP) is 4.19. The second kappa shape index (κ2) is 7.46. The molecule has 1 fully saturated rings. The lowest BCUT2D eigenvalue weighted by molar-refractivity contribution is -0.131. The van der Waals surface area contributed by atoms with Crippen molar-refractivity contribution in [3.8, 4) is 0 Å². The summed E-state index contributed by atoms with van der Waals surface area (Å²) in [4.78, 5) is 27.9. The molecule has 5 rings (SSSR count). The highest BCUT2D eigenvalue weighted by Gasteiger charge is 2.45. The smallest absolute Gasteiger partial charge is 0.290 e. The van der Waals surface area contributed by atoms with Crippen molar-refractivity contribution in [3.05, 3.63) is 83.3 Å². The zero-order valence-electron chi connectivity index (χ0n) is 16.3. The number of amides is 1. The van der Waals surface area contributed by atoms with Crippen LogP contribution in [0.3, 0.4) is 0 Å². The fourth-order valence-corrected chi connectivity index (χ4v) is 4.29. The van der Waals surface area contributed by atoms with Crippen molar-refractivity contribution < 1.29 is 23.8 Å². The Morgan fingerprint density at radius 3 is 2.60 bits per heavy atom. The summed E-state index contributed by atoms with van der Waals surface area (Å²) in [5.74, 6) is -1.46. The number of furan rings is 1. The van der Waals surface area contributed by atoms with Crippen LogP contribution in [-0.4, -0.2) is 41.0 Å². The topological polar surface area (TPSA) is 80.0 Å². The summed E-state index contributed by atoms with van der Waals surface area (Å²) in [6.07, 6.45) is 1.68. The molecule has 1 amide bonds. The minimum atomic E-state index is -0.691. The molecule has 2 atom stereocenters. The number of ether oxygens (including phenoxy) is 1. The monoisotopic (exact) mass is 403 g/mol. The molecule has 1 saturated heterocycles. The number of hydrogen-bond donors (Lipinski definition) is 1. The van der Waals surface area contributed by atoms with E-state index in [1.165, 1.54) is 4.90 Å². The van der Waals surface area contributed by atoms with Crippen LogP contribution in [0.25, 0.3) is 11.0 Å². The fraction of sp³-hybridized carbons (Fsp3) is 0.250. The third kappa shape index (κ3) is 3.09. The van der Waals surface area contributed by atoms with Crippen LogP contribution >= 0.6 is 0 Å². The molecule has 152 valence electrons. The number of Topliss-reactive ketones (excluding diaryl/α,β-unsaturated/α-hetero) is 1. The molecule has 6 heteroatoms. The molecule has 0 aliphatic carbocycles. The van der Waals surface area contributed by atoms with Gasteiger partial charge in [0.05, 0.1) is 17.7 Å². The Balaban J connectivity index is 1.56. The molecule has 2 aliphatic rings. The highest BCUT2D eigenvalue weighted by molar-refractivity contribution is 6.16. The number of hydrogen-bond acceptors (Lipinski definition) is 5. The second-order valence-corrected chi connectivity index (χ2v) is 7.65. The summed E-state index contributed by atoms with van der Waals surface area (Å²) in [7, 11) is 0. The first-order chi connectivity index (χ1) is 14.6. The first-order valence-corrected chi connectivity index (χ1v) is 10.1. The van der Waals surface area contributed by atoms with E-state index in [2.05, 4.69) is 0 Å². The van der Waals surface area contributed by atoms with Gasteiger partial charge < -0.3 is 19.2 Å². The number of nitrogens with zero attached hydrogens (tertiary/aromatic N) is 1. The number of aliphatic hydroxyl groups is 1. The Bertz CT molecular complexity index is 1110. The maximum Gasteiger partial charge on any atom is 0.290 e. The molecule has 0 saturated carbocycles. The minimum Gasteiger partial charge on any atom is -0.503 e. The molecule has 2 unspecified atom stereocenters. The van der Waals surface area contributed by atoms with E-state index in [4.69, 9.17) is 9.15 Å². The van der Waals surface area contributed by atoms with Crippen LogP contribution in [0.4, 0.5) is 0 Å². The standard InChI is InChI=1S/C24H21NO5/c26-22(19-13-16-9-4-5-11-18(16)30-19)20-21(15-7-2-1-3-8-15)25(24(28)23(20)27)14-17-10-6-12-29-17/h1-5,7-9,11,13,17,21,27H,6,10,12,14H2. The molecule has 3 heterocycles. The summed E-state index contributed by atoms with van der Waals surface area (Å²) < 4.78 is 11.4. The molecule has 0 spiro atoms. The zero-order chi connectivity index (χ0) is 20.7. The van der Waals surface area contributed by atoms with E-state index >= 15 is 0 Å². The number of para-hydroxylation sites is 1. The lowest BCUT2D eigenvalue weighted by Crippen LogP contribution is -2.37. The van der Waals surface area contributed by atoms with Gasteiger partial charge in [0.1, 0.15) is 5.58 Å². The summed E-state index contributed by atoms with van der Waals surface area (Å²) in [5.41, 5.74) is 1.38. The van der Waals surface area contributed by atoms with Gasteiger partial charge in [0.15, 0.2) is 11.5 Å². The van der Waals surface area contributed by atoms with Crippen molar-refractivity contribution in [2.75, 3.05) is 13.2 Å². The summed E-state index contributed by atoms with van der Waals surface area (Å²) >= 11 is 0. The number of rotatable bonds is 5. The molecule has 30 heavy (non-hydrogen) atoms. The Hall–Kier alpha value is -3.38. The van der Waals surface area contributed by atoms with E-state index in [0.717, 1.165) is 23.8 Å². The number of benzene rings is 2. The van der Waals surface area contributed by atoms with E-state index in [9.17, 15) is 14.7 Å². The van der Waals surface area contributed by atoms with Crippen molar-refractivity contribution in [1.82, 2.24) is 4.90 Å². The lowest BCUT2D eigenvalue weighted by atomic mass is 9.95. The van der Waals surface area contributed by atoms with Gasteiger partial charge in [-0.2, -0.15) is 0 Å². The molecule has 0 bridgehead atoms. The first-order valence-electron chi connectivity index (χ1n) is 10.1. The van der Waals surface area contributed by atoms with Crippen LogP contribution in [0, 0.1) is 0 Å². The van der Waals surface area contributed by atoms with Crippen molar-refractivity contribution in [1.29, 1.82) is 0 Å². The van der Waals surface area contributed by atoms with Gasteiger partial charge in [-0.15, -0.1) is 0 Å². The fourth-order valence-electron chi connectivity index (χ4n) is 4.29. The van der Waals surface area contributed by atoms with E-state index in [1.807, 2.05) is 48.5 Å². The first kappa shape index (κ1) is 18.6. The number of carbonyl (C=O) groups is 2. The van der Waals surface area contributed by atoms with Crippen LogP contribution in [0.2, 0.25) is 0 Å². The highest BCUT2D eigenvalue weighted by Crippen LogP contribution is 2.40. The highest BCUT2D eigenvalue weighted by atomic mass is 16.5. The SMILES string of the molecule is O=C(C1=C(O)C(=O)N(CC2CCCO2)C1c1ccccc1)c1cc2ccccc2o1. The largest absolute Gasteiger partial charge is 0.503 e. The third-order valence-corrected chi connectivity index (χ3v) is 5.74. The average Bonchev–Trinajstić information content (AvgIpc) is 3.49. The zero-order valence-corrected chi connectivity index (χ0v) is 16.3. The molecular weight excluding hydrogens is 382 g/mol. The average molecular weight is 403 g/mol. The second-order valence-electron chi connectivity index (χ2n) is 7.65. The van der Waals surface area contributed by atoms with E-state index < -0.39 is 23.5 Å². The Labute approximate surface area is 173 Å². The van der Waals surface area contributed by atoms with E-state index in [-0.39, 0.29) is 17.4 Å². The molecule has 6 nitrogen and oxygen atoms in total. The van der Waals surface area contributed by atoms with Crippen LogP contribution < -0.4 is 0 Å². The predicted molar refractivity (Wildman–Crippen MR) is 110 cm³/mol. The van der Waals surface area contributed by atoms with Gasteiger partial charge in [-0.3, -0.25) is 9.59 Å². The van der Waals surface area contributed by atoms with Gasteiger partial charge >= 0.3 is 0 Å². The van der Waals surface area contributed by atoms with Gasteiger partial charge in [-0.25, -0.2) is 0 Å². The number of fused-ring (bicyclic) bond motifs is 1. The molecule has 1 N–H and O–H groups in total. The minimum absolute atomic E-state index is 0.0447. The van der Waals surface area contributed by atoms with Gasteiger partial charge in [0, 0.05) is 18.5 Å². The van der Waals surface area contributed by atoms with Crippen LogP contribution in [-0.2, 0) is 9.53 Å². The maximum absolute atomic E-state index is 13.4. The lowest BCUT2D eigenvalue weighted by Gasteiger charge is -2.28. The molecule has 2 aliphatic heterocycles.